The van der Waals surface area contributed by atoms with E-state index in [9.17, 15) is 18.0 Å². The minimum absolute atomic E-state index is 0.0167. The number of likely N-dealkylation sites (N-methyl/N-ethyl adjacent to an activating group) is 1. The Morgan fingerprint density at radius 2 is 1.72 bits per heavy atom. The molecule has 1 saturated carbocycles. The van der Waals surface area contributed by atoms with E-state index in [0.717, 1.165) is 19.3 Å². The number of hydrogen-bond acceptors (Lipinski definition) is 4. The highest BCUT2D eigenvalue weighted by atomic mass is 35.5. The van der Waals surface area contributed by atoms with Crippen molar-refractivity contribution in [1.29, 1.82) is 0 Å². The van der Waals surface area contributed by atoms with Gasteiger partial charge in [-0.1, -0.05) is 30.9 Å². The van der Waals surface area contributed by atoms with E-state index in [0.29, 0.717) is 50.3 Å². The predicted octanol–water partition coefficient (Wildman–Crippen LogP) is 3.43. The van der Waals surface area contributed by atoms with Gasteiger partial charge in [0.1, 0.15) is 5.54 Å². The minimum atomic E-state index is -3.71. The number of sulfonamides is 1. The molecule has 1 aliphatic carbocycles. The van der Waals surface area contributed by atoms with E-state index in [1.165, 1.54) is 16.4 Å². The highest BCUT2D eigenvalue weighted by molar-refractivity contribution is 7.89. The number of rotatable bonds is 7. The molecule has 1 aromatic rings. The molecule has 9 heteroatoms. The smallest absolute Gasteiger partial charge is 0.248 e. The molecular weight excluding hydrogens is 450 g/mol. The van der Waals surface area contributed by atoms with Crippen LogP contribution in [0.1, 0.15) is 58.8 Å². The molecule has 1 atom stereocenters. The molecule has 3 rings (SSSR count). The van der Waals surface area contributed by atoms with Gasteiger partial charge < -0.3 is 10.2 Å². The highest BCUT2D eigenvalue weighted by Crippen LogP contribution is 2.32. The van der Waals surface area contributed by atoms with Gasteiger partial charge >= 0.3 is 0 Å². The van der Waals surface area contributed by atoms with Gasteiger partial charge in [-0.05, 0) is 63.8 Å². The van der Waals surface area contributed by atoms with E-state index < -0.39 is 21.5 Å². The summed E-state index contributed by atoms with van der Waals surface area (Å²) in [7, 11) is -3.71. The van der Waals surface area contributed by atoms with Crippen molar-refractivity contribution in [2.45, 2.75) is 69.2 Å². The Kier molecular flexibility index (Phi) is 8.22. The lowest BCUT2D eigenvalue weighted by molar-refractivity contribution is -0.144. The fourth-order valence-corrected chi connectivity index (χ4v) is 6.48. The Bertz CT molecular complexity index is 910. The van der Waals surface area contributed by atoms with E-state index >= 15 is 0 Å². The maximum atomic E-state index is 13.3. The van der Waals surface area contributed by atoms with Crippen molar-refractivity contribution >= 4 is 33.4 Å². The molecule has 1 N–H and O–H groups in total. The summed E-state index contributed by atoms with van der Waals surface area (Å²) < 4.78 is 27.5. The minimum Gasteiger partial charge on any atom is -0.341 e. The van der Waals surface area contributed by atoms with E-state index in [1.54, 1.807) is 17.0 Å². The zero-order valence-electron chi connectivity index (χ0n) is 19.0. The van der Waals surface area contributed by atoms with Gasteiger partial charge in [0.05, 0.1) is 10.8 Å². The molecule has 0 radical (unpaired) electrons. The Labute approximate surface area is 196 Å². The summed E-state index contributed by atoms with van der Waals surface area (Å²) in [6.07, 6.45) is 5.32. The number of halogens is 1. The number of nitrogens with one attached hydrogen (secondary N) is 1. The first-order chi connectivity index (χ1) is 15.2. The summed E-state index contributed by atoms with van der Waals surface area (Å²) >= 11 is 5.89. The molecule has 1 aliphatic heterocycles. The first-order valence-electron chi connectivity index (χ1n) is 11.6. The number of benzene rings is 1. The van der Waals surface area contributed by atoms with Crippen molar-refractivity contribution in [3.05, 3.63) is 29.3 Å². The maximum absolute atomic E-state index is 13.3. The third-order valence-electron chi connectivity index (χ3n) is 6.74. The third-order valence-corrected chi connectivity index (χ3v) is 8.87. The van der Waals surface area contributed by atoms with Crippen molar-refractivity contribution in [3.8, 4) is 0 Å². The number of carbonyl (C=O) groups is 2. The second-order valence-corrected chi connectivity index (χ2v) is 11.1. The molecule has 7 nitrogen and oxygen atoms in total. The standard InChI is InChI=1S/C23H34ClN3O4S/c1-3-26(4-2)22(29)23(14-6-5-7-15-23)25-21(28)18-9-8-16-27(17-18)32(30,31)20-12-10-19(24)11-13-20/h10-13,18H,3-9,14-17H2,1-2H3,(H,25,28). The van der Waals surface area contributed by atoms with Crippen LogP contribution in [-0.2, 0) is 19.6 Å². The zero-order chi connectivity index (χ0) is 23.4. The average Bonchev–Trinajstić information content (AvgIpc) is 2.80. The topological polar surface area (TPSA) is 86.8 Å². The van der Waals surface area contributed by atoms with Crippen molar-refractivity contribution in [2.24, 2.45) is 5.92 Å². The number of piperidine rings is 1. The van der Waals surface area contributed by atoms with Gasteiger partial charge in [0, 0.05) is 31.2 Å². The molecule has 1 aromatic carbocycles. The fraction of sp³-hybridized carbons (Fsp3) is 0.652. The molecule has 1 unspecified atom stereocenters. The Hall–Kier alpha value is -1.64. The number of carbonyl (C=O) groups excluding carboxylic acids is 2. The molecule has 0 spiro atoms. The first kappa shape index (κ1) is 25.0. The lowest BCUT2D eigenvalue weighted by Crippen LogP contribution is -2.62. The molecule has 2 aliphatic rings. The molecular formula is C23H34ClN3O4S. The molecule has 2 amide bonds. The lowest BCUT2D eigenvalue weighted by atomic mass is 9.79. The number of hydrogen-bond donors (Lipinski definition) is 1. The van der Waals surface area contributed by atoms with E-state index in [4.69, 9.17) is 11.6 Å². The van der Waals surface area contributed by atoms with Crippen LogP contribution < -0.4 is 5.32 Å². The zero-order valence-corrected chi connectivity index (χ0v) is 20.6. The number of nitrogens with zero attached hydrogens (tertiary/aromatic N) is 2. The molecule has 1 saturated heterocycles. The van der Waals surface area contributed by atoms with Crippen LogP contribution in [0.4, 0.5) is 0 Å². The van der Waals surface area contributed by atoms with Crippen molar-refractivity contribution in [3.63, 3.8) is 0 Å². The van der Waals surface area contributed by atoms with Gasteiger partial charge in [0.25, 0.3) is 0 Å². The van der Waals surface area contributed by atoms with E-state index in [2.05, 4.69) is 5.32 Å². The van der Waals surface area contributed by atoms with E-state index in [1.807, 2.05) is 13.8 Å². The van der Waals surface area contributed by atoms with Gasteiger partial charge in [-0.25, -0.2) is 8.42 Å². The van der Waals surface area contributed by atoms with Crippen LogP contribution in [0.2, 0.25) is 5.02 Å². The van der Waals surface area contributed by atoms with Crippen molar-refractivity contribution in [2.75, 3.05) is 26.2 Å². The Balaban J connectivity index is 1.76. The highest BCUT2D eigenvalue weighted by Gasteiger charge is 2.44. The first-order valence-corrected chi connectivity index (χ1v) is 13.4. The molecule has 32 heavy (non-hydrogen) atoms. The summed E-state index contributed by atoms with van der Waals surface area (Å²) in [6, 6.07) is 6.07. The SMILES string of the molecule is CCN(CC)C(=O)C1(NC(=O)C2CCCN(S(=O)(=O)c3ccc(Cl)cc3)C2)CCCCC1. The second-order valence-electron chi connectivity index (χ2n) is 8.77. The van der Waals surface area contributed by atoms with Crippen LogP contribution in [0.3, 0.4) is 0 Å². The third kappa shape index (κ3) is 5.29. The summed E-state index contributed by atoms with van der Waals surface area (Å²) in [5.41, 5.74) is -0.876. The maximum Gasteiger partial charge on any atom is 0.248 e. The van der Waals surface area contributed by atoms with Crippen LogP contribution in [0, 0.1) is 5.92 Å². The molecule has 0 aromatic heterocycles. The number of amides is 2. The Morgan fingerprint density at radius 1 is 1.09 bits per heavy atom. The van der Waals surface area contributed by atoms with Crippen molar-refractivity contribution < 1.29 is 18.0 Å². The van der Waals surface area contributed by atoms with Gasteiger partial charge in [-0.3, -0.25) is 9.59 Å². The van der Waals surface area contributed by atoms with Crippen LogP contribution in [0.15, 0.2) is 29.2 Å². The van der Waals surface area contributed by atoms with Gasteiger partial charge in [-0.2, -0.15) is 4.31 Å². The Morgan fingerprint density at radius 3 is 2.31 bits per heavy atom. The summed E-state index contributed by atoms with van der Waals surface area (Å²) in [5.74, 6) is -0.713. The van der Waals surface area contributed by atoms with E-state index in [-0.39, 0.29) is 23.3 Å². The largest absolute Gasteiger partial charge is 0.341 e. The van der Waals surface area contributed by atoms with Crippen molar-refractivity contribution in [1.82, 2.24) is 14.5 Å². The predicted molar refractivity (Wildman–Crippen MR) is 125 cm³/mol. The fourth-order valence-electron chi connectivity index (χ4n) is 4.83. The molecule has 178 valence electrons. The lowest BCUT2D eigenvalue weighted by Gasteiger charge is -2.41. The van der Waals surface area contributed by atoms with Crippen LogP contribution in [-0.4, -0.2) is 61.2 Å². The summed E-state index contributed by atoms with van der Waals surface area (Å²) in [6.45, 7) is 5.58. The molecule has 0 bridgehead atoms. The second kappa shape index (κ2) is 10.5. The van der Waals surface area contributed by atoms with Crippen LogP contribution in [0.5, 0.6) is 0 Å². The molecule has 2 fully saturated rings. The van der Waals surface area contributed by atoms with Gasteiger partial charge in [-0.15, -0.1) is 0 Å². The van der Waals surface area contributed by atoms with Crippen LogP contribution >= 0.6 is 11.6 Å². The average molecular weight is 484 g/mol. The van der Waals surface area contributed by atoms with Gasteiger partial charge in [0.2, 0.25) is 21.8 Å². The normalized spacial score (nSPS) is 21.7. The molecule has 1 heterocycles. The van der Waals surface area contributed by atoms with Crippen LogP contribution in [0.25, 0.3) is 0 Å². The van der Waals surface area contributed by atoms with Gasteiger partial charge in [0.15, 0.2) is 0 Å². The quantitative estimate of drug-likeness (QED) is 0.643. The summed E-state index contributed by atoms with van der Waals surface area (Å²) in [4.78, 5) is 28.6. The monoisotopic (exact) mass is 483 g/mol. The summed E-state index contributed by atoms with van der Waals surface area (Å²) in [5, 5.41) is 3.57.